The van der Waals surface area contributed by atoms with Gasteiger partial charge in [-0.05, 0) is 0 Å². The minimum absolute atomic E-state index is 0. The first kappa shape index (κ1) is 11.7. The zero-order valence-corrected chi connectivity index (χ0v) is 8.76. The zero-order chi connectivity index (χ0) is 9.31. The van der Waals surface area contributed by atoms with E-state index in [0.717, 1.165) is 0 Å². The van der Waals surface area contributed by atoms with Gasteiger partial charge in [0.1, 0.15) is 6.04 Å². The molecule has 0 unspecified atom stereocenters. The van der Waals surface area contributed by atoms with E-state index in [4.69, 9.17) is 9.47 Å². The highest BCUT2D eigenvalue weighted by Crippen LogP contribution is 2.29. The Hall–Kier alpha value is -0.360. The van der Waals surface area contributed by atoms with Crippen LogP contribution in [0, 0.1) is 0 Å². The number of carbonyl (C=O) groups is 1. The molecule has 2 fully saturated rings. The van der Waals surface area contributed by atoms with Crippen LogP contribution in [-0.4, -0.2) is 44.7 Å². The van der Waals surface area contributed by atoms with Crippen LogP contribution in [0.25, 0.3) is 0 Å². The van der Waals surface area contributed by atoms with Gasteiger partial charge in [0, 0.05) is 6.42 Å². The molecule has 0 saturated carbocycles. The van der Waals surface area contributed by atoms with Gasteiger partial charge in [-0.1, -0.05) is 0 Å². The van der Waals surface area contributed by atoms with E-state index in [2.05, 4.69) is 10.1 Å². The minimum Gasteiger partial charge on any atom is -0.468 e. The molecule has 0 aliphatic carbocycles. The van der Waals surface area contributed by atoms with Gasteiger partial charge >= 0.3 is 5.97 Å². The molecule has 14 heavy (non-hydrogen) atoms. The third-order valence-electron chi connectivity index (χ3n) is 2.43. The number of rotatable bonds is 1. The van der Waals surface area contributed by atoms with Crippen molar-refractivity contribution in [2.45, 2.75) is 18.2 Å². The van der Waals surface area contributed by atoms with E-state index in [1.54, 1.807) is 0 Å². The molecule has 1 atom stereocenters. The number of ether oxygens (including phenoxy) is 3. The summed E-state index contributed by atoms with van der Waals surface area (Å²) in [6.45, 7) is 1.78. The Bertz CT molecular complexity index is 217. The van der Waals surface area contributed by atoms with Crippen LogP contribution in [0.15, 0.2) is 0 Å². The number of esters is 1. The Labute approximate surface area is 88.5 Å². The summed E-state index contributed by atoms with van der Waals surface area (Å²) in [6.07, 6.45) is 0.541. The van der Waals surface area contributed by atoms with Crippen molar-refractivity contribution >= 4 is 18.4 Å². The molecule has 1 spiro atoms. The maximum Gasteiger partial charge on any atom is 0.323 e. The highest BCUT2D eigenvalue weighted by molar-refractivity contribution is 5.85. The van der Waals surface area contributed by atoms with Gasteiger partial charge in [-0.2, -0.15) is 0 Å². The molecule has 2 rings (SSSR count). The lowest BCUT2D eigenvalue weighted by atomic mass is 10.1. The van der Waals surface area contributed by atoms with E-state index in [-0.39, 0.29) is 24.4 Å². The molecule has 2 saturated heterocycles. The third kappa shape index (κ3) is 2.00. The molecular weight excluding hydrogens is 210 g/mol. The SMILES string of the molecule is COC(=O)[C@@H]1CC2(CN1)OCCO2.Cl. The van der Waals surface area contributed by atoms with Crippen molar-refractivity contribution in [2.75, 3.05) is 26.9 Å². The lowest BCUT2D eigenvalue weighted by Crippen LogP contribution is -2.32. The Kier molecular flexibility index (Phi) is 3.71. The molecule has 0 radical (unpaired) electrons. The van der Waals surface area contributed by atoms with Crippen molar-refractivity contribution < 1.29 is 19.0 Å². The molecule has 1 N–H and O–H groups in total. The molecule has 0 bridgehead atoms. The first-order chi connectivity index (χ1) is 6.26. The smallest absolute Gasteiger partial charge is 0.323 e. The monoisotopic (exact) mass is 223 g/mol. The van der Waals surface area contributed by atoms with Crippen molar-refractivity contribution in [1.29, 1.82) is 0 Å². The summed E-state index contributed by atoms with van der Waals surface area (Å²) in [6, 6.07) is -0.289. The summed E-state index contributed by atoms with van der Waals surface area (Å²) in [5.74, 6) is -0.824. The van der Waals surface area contributed by atoms with Gasteiger partial charge in [0.05, 0.1) is 26.9 Å². The fourth-order valence-electron chi connectivity index (χ4n) is 1.76. The zero-order valence-electron chi connectivity index (χ0n) is 7.95. The van der Waals surface area contributed by atoms with E-state index >= 15 is 0 Å². The van der Waals surface area contributed by atoms with Crippen LogP contribution in [0.5, 0.6) is 0 Å². The largest absolute Gasteiger partial charge is 0.468 e. The molecule has 6 heteroatoms. The minimum atomic E-state index is -0.571. The normalized spacial score (nSPS) is 28.8. The highest BCUT2D eigenvalue weighted by atomic mass is 35.5. The number of methoxy groups -OCH3 is 1. The van der Waals surface area contributed by atoms with Crippen LogP contribution in [0.1, 0.15) is 6.42 Å². The number of hydrogen-bond donors (Lipinski definition) is 1. The Morgan fingerprint density at radius 1 is 1.50 bits per heavy atom. The topological polar surface area (TPSA) is 56.8 Å². The Balaban J connectivity index is 0.000000980. The predicted molar refractivity (Wildman–Crippen MR) is 50.3 cm³/mol. The van der Waals surface area contributed by atoms with Gasteiger partial charge in [-0.15, -0.1) is 12.4 Å². The molecule has 0 aromatic carbocycles. The quantitative estimate of drug-likeness (QED) is 0.618. The summed E-state index contributed by atoms with van der Waals surface area (Å²) in [5, 5.41) is 3.02. The van der Waals surface area contributed by atoms with Crippen molar-refractivity contribution in [3.63, 3.8) is 0 Å². The summed E-state index contributed by atoms with van der Waals surface area (Å²) in [7, 11) is 1.38. The summed E-state index contributed by atoms with van der Waals surface area (Å²) in [5.41, 5.74) is 0. The second-order valence-corrected chi connectivity index (χ2v) is 3.27. The summed E-state index contributed by atoms with van der Waals surface area (Å²) >= 11 is 0. The van der Waals surface area contributed by atoms with Gasteiger partial charge in [-0.3, -0.25) is 10.1 Å². The van der Waals surface area contributed by atoms with E-state index < -0.39 is 5.79 Å². The van der Waals surface area contributed by atoms with Crippen LogP contribution in [0.4, 0.5) is 0 Å². The summed E-state index contributed by atoms with van der Waals surface area (Å²) < 4.78 is 15.5. The molecular formula is C8H14ClNO4. The third-order valence-corrected chi connectivity index (χ3v) is 2.43. The van der Waals surface area contributed by atoms with Gasteiger partial charge < -0.3 is 14.2 Å². The number of carbonyl (C=O) groups excluding carboxylic acids is 1. The summed E-state index contributed by atoms with van der Waals surface area (Å²) in [4.78, 5) is 11.2. The van der Waals surface area contributed by atoms with Crippen molar-refractivity contribution in [3.05, 3.63) is 0 Å². The average molecular weight is 224 g/mol. The molecule has 5 nitrogen and oxygen atoms in total. The Morgan fingerprint density at radius 2 is 2.14 bits per heavy atom. The molecule has 2 aliphatic rings. The van der Waals surface area contributed by atoms with Crippen molar-refractivity contribution in [2.24, 2.45) is 0 Å². The lowest BCUT2D eigenvalue weighted by molar-refractivity contribution is -0.152. The van der Waals surface area contributed by atoms with E-state index in [9.17, 15) is 4.79 Å². The van der Waals surface area contributed by atoms with Crippen LogP contribution in [0.3, 0.4) is 0 Å². The van der Waals surface area contributed by atoms with Crippen molar-refractivity contribution in [3.8, 4) is 0 Å². The molecule has 0 aromatic heterocycles. The van der Waals surface area contributed by atoms with Gasteiger partial charge in [0.2, 0.25) is 0 Å². The first-order valence-corrected chi connectivity index (χ1v) is 4.35. The lowest BCUT2D eigenvalue weighted by Gasteiger charge is -2.19. The highest BCUT2D eigenvalue weighted by Gasteiger charge is 2.46. The molecule has 2 aliphatic heterocycles. The second kappa shape index (κ2) is 4.44. The van der Waals surface area contributed by atoms with Crippen molar-refractivity contribution in [1.82, 2.24) is 5.32 Å². The van der Waals surface area contributed by atoms with E-state index in [1.807, 2.05) is 0 Å². The Morgan fingerprint density at radius 3 is 2.71 bits per heavy atom. The van der Waals surface area contributed by atoms with Crippen LogP contribution in [0.2, 0.25) is 0 Å². The molecule has 0 amide bonds. The van der Waals surface area contributed by atoms with Gasteiger partial charge in [0.15, 0.2) is 5.79 Å². The van der Waals surface area contributed by atoms with Gasteiger partial charge in [0.25, 0.3) is 0 Å². The van der Waals surface area contributed by atoms with Gasteiger partial charge in [-0.25, -0.2) is 0 Å². The average Bonchev–Trinajstić information content (AvgIpc) is 2.76. The first-order valence-electron chi connectivity index (χ1n) is 4.35. The molecule has 82 valence electrons. The number of nitrogens with one attached hydrogen (secondary N) is 1. The predicted octanol–water partition coefficient (Wildman–Crippen LogP) is -0.314. The molecule has 2 heterocycles. The van der Waals surface area contributed by atoms with Crippen LogP contribution in [-0.2, 0) is 19.0 Å². The fraction of sp³-hybridized carbons (Fsp3) is 0.875. The maximum absolute atomic E-state index is 11.2. The fourth-order valence-corrected chi connectivity index (χ4v) is 1.76. The second-order valence-electron chi connectivity index (χ2n) is 3.27. The maximum atomic E-state index is 11.2. The number of halogens is 1. The van der Waals surface area contributed by atoms with Crippen LogP contribution >= 0.6 is 12.4 Å². The molecule has 0 aromatic rings. The number of hydrogen-bond acceptors (Lipinski definition) is 5. The van der Waals surface area contributed by atoms with E-state index in [1.165, 1.54) is 7.11 Å². The van der Waals surface area contributed by atoms with E-state index in [0.29, 0.717) is 26.2 Å². The standard InChI is InChI=1S/C8H13NO4.ClH/c1-11-7(10)6-4-8(5-9-6)12-2-3-13-8;/h6,9H,2-5H2,1H3;1H/t6-;/m0./s1. The van der Waals surface area contributed by atoms with Crippen LogP contribution < -0.4 is 5.32 Å².